The van der Waals surface area contributed by atoms with Crippen molar-refractivity contribution in [2.45, 2.75) is 26.4 Å². The van der Waals surface area contributed by atoms with E-state index in [1.54, 1.807) is 17.9 Å². The summed E-state index contributed by atoms with van der Waals surface area (Å²) in [4.78, 5) is 20.1. The van der Waals surface area contributed by atoms with Gasteiger partial charge in [0.25, 0.3) is 0 Å². The van der Waals surface area contributed by atoms with E-state index in [4.69, 9.17) is 0 Å². The molecule has 0 aliphatic rings. The van der Waals surface area contributed by atoms with E-state index in [1.165, 1.54) is 6.33 Å². The number of hydrogen-bond donors (Lipinski definition) is 2. The number of carboxylic acids is 1. The van der Waals surface area contributed by atoms with Gasteiger partial charge in [-0.3, -0.25) is 4.68 Å². The highest BCUT2D eigenvalue weighted by molar-refractivity contribution is 6.01. The molecule has 0 radical (unpaired) electrons. The third-order valence-corrected chi connectivity index (χ3v) is 3.68. The summed E-state index contributed by atoms with van der Waals surface area (Å²) < 4.78 is 1.69. The van der Waals surface area contributed by atoms with Crippen LogP contribution in [0.25, 0.3) is 10.9 Å². The highest BCUT2D eigenvalue weighted by atomic mass is 16.4. The molecular weight excluding hydrogens is 294 g/mol. The molecule has 1 atom stereocenters. The number of aromatic carboxylic acids is 1. The molecule has 0 saturated carbocycles. The van der Waals surface area contributed by atoms with E-state index in [1.807, 2.05) is 31.2 Å². The van der Waals surface area contributed by atoms with Crippen molar-refractivity contribution in [2.75, 3.05) is 5.32 Å². The van der Waals surface area contributed by atoms with Crippen LogP contribution in [0.4, 0.5) is 5.82 Å². The normalized spacial score (nSPS) is 12.3. The number of benzene rings is 1. The monoisotopic (exact) mass is 311 g/mol. The number of nitrogens with zero attached hydrogens (tertiary/aromatic N) is 4. The highest BCUT2D eigenvalue weighted by Gasteiger charge is 2.19. The molecule has 0 fully saturated rings. The average molecular weight is 311 g/mol. The minimum absolute atomic E-state index is 0.0529. The second-order valence-electron chi connectivity index (χ2n) is 5.45. The number of fused-ring (bicyclic) bond motifs is 1. The average Bonchev–Trinajstić information content (AvgIpc) is 2.99. The molecule has 7 heteroatoms. The molecular formula is C16H17N5O2. The Morgan fingerprint density at radius 2 is 2.17 bits per heavy atom. The minimum atomic E-state index is -0.990. The largest absolute Gasteiger partial charge is 0.478 e. The van der Waals surface area contributed by atoms with Crippen LogP contribution in [0.3, 0.4) is 0 Å². The van der Waals surface area contributed by atoms with Crippen LogP contribution < -0.4 is 5.32 Å². The fraction of sp³-hybridized carbons (Fsp3) is 0.250. The van der Waals surface area contributed by atoms with Crippen LogP contribution in [-0.2, 0) is 6.54 Å². The summed E-state index contributed by atoms with van der Waals surface area (Å²) in [5.41, 5.74) is 1.68. The quantitative estimate of drug-likeness (QED) is 0.751. The second kappa shape index (κ2) is 6.04. The maximum atomic E-state index is 11.7. The van der Waals surface area contributed by atoms with Gasteiger partial charge in [0, 0.05) is 11.4 Å². The van der Waals surface area contributed by atoms with Crippen LogP contribution in [-0.4, -0.2) is 36.9 Å². The Morgan fingerprint density at radius 1 is 1.39 bits per heavy atom. The summed E-state index contributed by atoms with van der Waals surface area (Å²) in [6.45, 7) is 4.31. The summed E-state index contributed by atoms with van der Waals surface area (Å²) in [6.07, 6.45) is 3.09. The molecule has 2 aromatic heterocycles. The number of pyridine rings is 1. The van der Waals surface area contributed by atoms with Gasteiger partial charge < -0.3 is 10.4 Å². The molecule has 0 saturated heterocycles. The summed E-state index contributed by atoms with van der Waals surface area (Å²) >= 11 is 0. The van der Waals surface area contributed by atoms with Gasteiger partial charge in [0.05, 0.1) is 12.1 Å². The summed E-state index contributed by atoms with van der Waals surface area (Å²) in [5, 5.41) is 17.6. The molecule has 2 N–H and O–H groups in total. The van der Waals surface area contributed by atoms with Gasteiger partial charge in [-0.1, -0.05) is 18.2 Å². The maximum absolute atomic E-state index is 11.7. The van der Waals surface area contributed by atoms with Crippen molar-refractivity contribution >= 4 is 22.7 Å². The molecule has 0 spiro atoms. The fourth-order valence-electron chi connectivity index (χ4n) is 2.63. The Morgan fingerprint density at radius 3 is 2.87 bits per heavy atom. The van der Waals surface area contributed by atoms with Gasteiger partial charge in [-0.05, 0) is 25.5 Å². The lowest BCUT2D eigenvalue weighted by Gasteiger charge is -2.18. The predicted molar refractivity (Wildman–Crippen MR) is 86.5 cm³/mol. The zero-order valence-electron chi connectivity index (χ0n) is 12.9. The van der Waals surface area contributed by atoms with E-state index in [9.17, 15) is 9.90 Å². The van der Waals surface area contributed by atoms with Gasteiger partial charge in [0.15, 0.2) is 0 Å². The molecule has 23 heavy (non-hydrogen) atoms. The zero-order valence-corrected chi connectivity index (χ0v) is 12.9. The number of anilines is 1. The van der Waals surface area contributed by atoms with Crippen molar-refractivity contribution in [2.24, 2.45) is 0 Å². The van der Waals surface area contributed by atoms with Crippen LogP contribution in [0.15, 0.2) is 36.9 Å². The first-order valence-corrected chi connectivity index (χ1v) is 7.28. The standard InChI is InChI=1S/C16H17N5O2/c1-10(7-21-9-17-8-18-21)19-15-14(16(22)23)11(2)12-5-3-4-6-13(12)20-15/h3-6,8-10H,7H2,1-2H3,(H,19,20)(H,22,23). The number of para-hydroxylation sites is 1. The van der Waals surface area contributed by atoms with Gasteiger partial charge in [0.2, 0.25) is 0 Å². The number of carbonyl (C=O) groups is 1. The lowest BCUT2D eigenvalue weighted by Crippen LogP contribution is -2.24. The third kappa shape index (κ3) is 2.98. The molecule has 0 aliphatic carbocycles. The van der Waals surface area contributed by atoms with Crippen molar-refractivity contribution < 1.29 is 9.90 Å². The molecule has 1 aromatic carbocycles. The Hall–Kier alpha value is -2.96. The third-order valence-electron chi connectivity index (χ3n) is 3.68. The van der Waals surface area contributed by atoms with Crippen LogP contribution in [0.2, 0.25) is 0 Å². The number of carboxylic acid groups (broad SMARTS) is 1. The van der Waals surface area contributed by atoms with Gasteiger partial charge in [-0.15, -0.1) is 0 Å². The Bertz CT molecular complexity index is 845. The van der Waals surface area contributed by atoms with E-state index in [0.717, 1.165) is 10.9 Å². The zero-order chi connectivity index (χ0) is 16.4. The lowest BCUT2D eigenvalue weighted by atomic mass is 10.0. The second-order valence-corrected chi connectivity index (χ2v) is 5.45. The Labute approximate surface area is 133 Å². The number of hydrogen-bond acceptors (Lipinski definition) is 5. The van der Waals surface area contributed by atoms with Gasteiger partial charge in [0.1, 0.15) is 24.0 Å². The van der Waals surface area contributed by atoms with E-state index in [2.05, 4.69) is 20.4 Å². The maximum Gasteiger partial charge on any atom is 0.339 e. The topological polar surface area (TPSA) is 92.9 Å². The first kappa shape index (κ1) is 15.0. The number of rotatable bonds is 5. The molecule has 0 aliphatic heterocycles. The first-order valence-electron chi connectivity index (χ1n) is 7.28. The summed E-state index contributed by atoms with van der Waals surface area (Å²) in [6, 6.07) is 7.47. The van der Waals surface area contributed by atoms with Crippen LogP contribution in [0.1, 0.15) is 22.8 Å². The molecule has 1 unspecified atom stereocenters. The fourth-order valence-corrected chi connectivity index (χ4v) is 2.63. The molecule has 2 heterocycles. The van der Waals surface area contributed by atoms with Crippen molar-refractivity contribution in [3.63, 3.8) is 0 Å². The van der Waals surface area contributed by atoms with E-state index in [0.29, 0.717) is 17.9 Å². The Balaban J connectivity index is 1.98. The number of aryl methyl sites for hydroxylation is 1. The molecule has 0 amide bonds. The Kier molecular flexibility index (Phi) is 3.92. The van der Waals surface area contributed by atoms with Crippen molar-refractivity contribution in [1.82, 2.24) is 19.7 Å². The van der Waals surface area contributed by atoms with Gasteiger partial charge >= 0.3 is 5.97 Å². The smallest absolute Gasteiger partial charge is 0.339 e. The predicted octanol–water partition coefficient (Wildman–Crippen LogP) is 2.33. The number of nitrogens with one attached hydrogen (secondary N) is 1. The van der Waals surface area contributed by atoms with Gasteiger partial charge in [-0.2, -0.15) is 5.10 Å². The van der Waals surface area contributed by atoms with E-state index >= 15 is 0 Å². The van der Waals surface area contributed by atoms with E-state index in [-0.39, 0.29) is 11.6 Å². The number of aromatic nitrogens is 4. The van der Waals surface area contributed by atoms with E-state index < -0.39 is 5.97 Å². The minimum Gasteiger partial charge on any atom is -0.478 e. The summed E-state index contributed by atoms with van der Waals surface area (Å²) in [5.74, 6) is -0.613. The van der Waals surface area contributed by atoms with Gasteiger partial charge in [-0.25, -0.2) is 14.8 Å². The van der Waals surface area contributed by atoms with Crippen molar-refractivity contribution in [3.05, 3.63) is 48.0 Å². The lowest BCUT2D eigenvalue weighted by molar-refractivity contribution is 0.0697. The SMILES string of the molecule is Cc1c(C(=O)O)c(NC(C)Cn2cncn2)nc2ccccc12. The summed E-state index contributed by atoms with van der Waals surface area (Å²) in [7, 11) is 0. The highest BCUT2D eigenvalue weighted by Crippen LogP contribution is 2.26. The molecule has 118 valence electrons. The van der Waals surface area contributed by atoms with Crippen LogP contribution in [0, 0.1) is 6.92 Å². The first-order chi connectivity index (χ1) is 11.1. The van der Waals surface area contributed by atoms with Crippen LogP contribution >= 0.6 is 0 Å². The molecule has 0 bridgehead atoms. The van der Waals surface area contributed by atoms with Crippen molar-refractivity contribution in [1.29, 1.82) is 0 Å². The van der Waals surface area contributed by atoms with Crippen molar-refractivity contribution in [3.8, 4) is 0 Å². The molecule has 7 nitrogen and oxygen atoms in total. The molecule has 3 rings (SSSR count). The molecule has 3 aromatic rings. The van der Waals surface area contributed by atoms with Crippen LogP contribution in [0.5, 0.6) is 0 Å².